The number of amides is 2. The molecule has 0 aromatic carbocycles. The molecule has 0 saturated heterocycles. The molecule has 3 aromatic rings. The second kappa shape index (κ2) is 11.4. The number of fused-ring (bicyclic) bond motifs is 2. The quantitative estimate of drug-likeness (QED) is 0.344. The highest BCUT2D eigenvalue weighted by Gasteiger charge is 2.28. The van der Waals surface area contributed by atoms with Crippen molar-refractivity contribution in [1.82, 2.24) is 14.8 Å². The van der Waals surface area contributed by atoms with E-state index in [1.807, 2.05) is 30.4 Å². The van der Waals surface area contributed by atoms with Crippen LogP contribution in [0.3, 0.4) is 0 Å². The Bertz CT molecular complexity index is 1260. The van der Waals surface area contributed by atoms with E-state index in [1.54, 1.807) is 0 Å². The van der Waals surface area contributed by atoms with E-state index < -0.39 is 0 Å². The van der Waals surface area contributed by atoms with E-state index in [0.29, 0.717) is 29.6 Å². The van der Waals surface area contributed by atoms with Crippen molar-refractivity contribution in [2.24, 2.45) is 5.92 Å². The first-order valence-corrected chi connectivity index (χ1v) is 14.9. The van der Waals surface area contributed by atoms with E-state index in [2.05, 4.69) is 46.3 Å². The lowest BCUT2D eigenvalue weighted by Crippen LogP contribution is -2.33. The molecule has 4 heterocycles. The van der Waals surface area contributed by atoms with E-state index in [0.717, 1.165) is 57.3 Å². The van der Waals surface area contributed by atoms with Crippen LogP contribution in [-0.2, 0) is 37.1 Å². The van der Waals surface area contributed by atoms with Gasteiger partial charge in [0.1, 0.15) is 10.0 Å². The first-order chi connectivity index (χ1) is 17.9. The van der Waals surface area contributed by atoms with Crippen molar-refractivity contribution < 1.29 is 14.3 Å². The third-order valence-corrected chi connectivity index (χ3v) is 9.47. The smallest absolute Gasteiger partial charge is 0.341 e. The van der Waals surface area contributed by atoms with Gasteiger partial charge in [0.15, 0.2) is 0 Å². The standard InChI is InChI=1S/C28H36N4O3S2/c1-4-35-27(33)24-20-9-5-6-10-22(20)36-25(24)30-28(34)29-15-21-19-11-14-31(16-18(2)3)17-23(19)37-26(21)32-12-7-8-13-32/h7-8,12-13,18H,4-6,9-11,14-17H2,1-3H3,(H2,29,30,34). The SMILES string of the molecule is CCOC(=O)c1c(NC(=O)NCc2c(-n3cccc3)sc3c2CCN(CC(C)C)C3)sc2c1CCCC2. The minimum atomic E-state index is -0.343. The van der Waals surface area contributed by atoms with Gasteiger partial charge in [-0.05, 0) is 68.2 Å². The zero-order valence-electron chi connectivity index (χ0n) is 21.9. The summed E-state index contributed by atoms with van der Waals surface area (Å²) in [6, 6.07) is 3.77. The summed E-state index contributed by atoms with van der Waals surface area (Å²) >= 11 is 3.34. The summed E-state index contributed by atoms with van der Waals surface area (Å²) in [6.07, 6.45) is 9.10. The molecule has 1 aliphatic heterocycles. The molecular weight excluding hydrogens is 504 g/mol. The van der Waals surface area contributed by atoms with Crippen LogP contribution in [0.5, 0.6) is 0 Å². The van der Waals surface area contributed by atoms with Crippen molar-refractivity contribution in [1.29, 1.82) is 0 Å². The molecule has 0 bridgehead atoms. The molecule has 2 aliphatic rings. The molecule has 0 spiro atoms. The lowest BCUT2D eigenvalue weighted by atomic mass is 9.95. The van der Waals surface area contributed by atoms with Gasteiger partial charge >= 0.3 is 12.0 Å². The number of hydrogen-bond acceptors (Lipinski definition) is 6. The number of thiophene rings is 2. The van der Waals surface area contributed by atoms with Gasteiger partial charge in [0.2, 0.25) is 0 Å². The highest BCUT2D eigenvalue weighted by Crippen LogP contribution is 2.39. The Hall–Kier alpha value is -2.62. The van der Waals surface area contributed by atoms with E-state index in [1.165, 1.54) is 37.2 Å². The Labute approximate surface area is 226 Å². The Morgan fingerprint density at radius 1 is 1.05 bits per heavy atom. The number of carbonyl (C=O) groups is 2. The molecular formula is C28H36N4O3S2. The van der Waals surface area contributed by atoms with Gasteiger partial charge in [-0.2, -0.15) is 0 Å². The van der Waals surface area contributed by atoms with Gasteiger partial charge in [-0.1, -0.05) is 13.8 Å². The molecule has 0 saturated carbocycles. The normalized spacial score (nSPS) is 15.4. The maximum absolute atomic E-state index is 13.1. The molecule has 7 nitrogen and oxygen atoms in total. The fourth-order valence-corrected chi connectivity index (χ4v) is 8.08. The first kappa shape index (κ1) is 26.0. The number of aryl methyl sites for hydroxylation is 1. The minimum absolute atomic E-state index is 0.292. The van der Waals surface area contributed by atoms with Gasteiger partial charge in [-0.3, -0.25) is 10.2 Å². The van der Waals surface area contributed by atoms with Gasteiger partial charge in [-0.15, -0.1) is 22.7 Å². The molecule has 0 atom stereocenters. The van der Waals surface area contributed by atoms with Crippen LogP contribution in [0.25, 0.3) is 5.00 Å². The lowest BCUT2D eigenvalue weighted by molar-refractivity contribution is 0.0526. The Kier molecular flexibility index (Phi) is 8.02. The van der Waals surface area contributed by atoms with Crippen molar-refractivity contribution in [2.45, 2.75) is 66.0 Å². The molecule has 3 aromatic heterocycles. The van der Waals surface area contributed by atoms with E-state index in [4.69, 9.17) is 4.74 Å². The number of anilines is 1. The third-order valence-electron chi connectivity index (χ3n) is 6.99. The molecule has 5 rings (SSSR count). The molecule has 0 unspecified atom stereocenters. The molecule has 2 amide bonds. The van der Waals surface area contributed by atoms with Crippen LogP contribution in [0.2, 0.25) is 0 Å². The number of carbonyl (C=O) groups excluding carboxylic acids is 2. The predicted molar refractivity (Wildman–Crippen MR) is 150 cm³/mol. The highest BCUT2D eigenvalue weighted by atomic mass is 32.1. The van der Waals surface area contributed by atoms with Gasteiger partial charge in [-0.25, -0.2) is 9.59 Å². The number of hydrogen-bond donors (Lipinski definition) is 2. The summed E-state index contributed by atoms with van der Waals surface area (Å²) in [5.74, 6) is 0.294. The average Bonchev–Trinajstić information content (AvgIpc) is 3.59. The maximum Gasteiger partial charge on any atom is 0.341 e. The number of nitrogens with zero attached hydrogens (tertiary/aromatic N) is 2. The van der Waals surface area contributed by atoms with Gasteiger partial charge in [0.25, 0.3) is 0 Å². The number of urea groups is 1. The fourth-order valence-electron chi connectivity index (χ4n) is 5.43. The van der Waals surface area contributed by atoms with Crippen LogP contribution < -0.4 is 10.6 Å². The highest BCUT2D eigenvalue weighted by molar-refractivity contribution is 7.17. The Morgan fingerprint density at radius 3 is 2.59 bits per heavy atom. The molecule has 0 fully saturated rings. The third kappa shape index (κ3) is 5.63. The van der Waals surface area contributed by atoms with E-state index >= 15 is 0 Å². The van der Waals surface area contributed by atoms with Crippen molar-refractivity contribution in [3.63, 3.8) is 0 Å². The maximum atomic E-state index is 13.1. The van der Waals surface area contributed by atoms with Crippen molar-refractivity contribution in [3.8, 4) is 5.00 Å². The lowest BCUT2D eigenvalue weighted by Gasteiger charge is -2.28. The van der Waals surface area contributed by atoms with Crippen LogP contribution in [0, 0.1) is 5.92 Å². The topological polar surface area (TPSA) is 75.6 Å². The number of ether oxygens (including phenoxy) is 1. The summed E-state index contributed by atoms with van der Waals surface area (Å²) in [5.41, 5.74) is 4.15. The molecule has 0 radical (unpaired) electrons. The minimum Gasteiger partial charge on any atom is -0.462 e. The van der Waals surface area contributed by atoms with Crippen LogP contribution in [-0.4, -0.2) is 41.2 Å². The number of esters is 1. The van der Waals surface area contributed by atoms with Crippen LogP contribution in [0.1, 0.15) is 70.4 Å². The zero-order valence-corrected chi connectivity index (χ0v) is 23.5. The van der Waals surface area contributed by atoms with Gasteiger partial charge in [0.05, 0.1) is 12.2 Å². The number of aromatic nitrogens is 1. The van der Waals surface area contributed by atoms with Crippen molar-refractivity contribution in [2.75, 3.05) is 25.0 Å². The second-order valence-corrected chi connectivity index (χ2v) is 12.4. The van der Waals surface area contributed by atoms with Crippen LogP contribution in [0.15, 0.2) is 24.5 Å². The van der Waals surface area contributed by atoms with Crippen LogP contribution >= 0.6 is 22.7 Å². The second-order valence-electron chi connectivity index (χ2n) is 10.2. The molecule has 37 heavy (non-hydrogen) atoms. The Morgan fingerprint density at radius 2 is 1.84 bits per heavy atom. The average molecular weight is 541 g/mol. The monoisotopic (exact) mass is 540 g/mol. The van der Waals surface area contributed by atoms with Crippen LogP contribution in [0.4, 0.5) is 9.80 Å². The molecule has 1 aliphatic carbocycles. The van der Waals surface area contributed by atoms with Crippen molar-refractivity contribution in [3.05, 3.63) is 56.5 Å². The van der Waals surface area contributed by atoms with E-state index in [9.17, 15) is 9.59 Å². The fraction of sp³-hybridized carbons (Fsp3) is 0.500. The molecule has 9 heteroatoms. The number of nitrogens with one attached hydrogen (secondary N) is 2. The summed E-state index contributed by atoms with van der Waals surface area (Å²) in [5, 5.41) is 7.85. The Balaban J connectivity index is 1.35. The predicted octanol–water partition coefficient (Wildman–Crippen LogP) is 5.99. The summed E-state index contributed by atoms with van der Waals surface area (Å²) in [4.78, 5) is 31.0. The summed E-state index contributed by atoms with van der Waals surface area (Å²) in [6.45, 7) is 10.2. The van der Waals surface area contributed by atoms with E-state index in [-0.39, 0.29) is 12.0 Å². The number of rotatable bonds is 8. The first-order valence-electron chi connectivity index (χ1n) is 13.3. The van der Waals surface area contributed by atoms with Crippen molar-refractivity contribution >= 4 is 39.7 Å². The molecule has 198 valence electrons. The van der Waals surface area contributed by atoms with Gasteiger partial charge in [0, 0.05) is 53.9 Å². The summed E-state index contributed by atoms with van der Waals surface area (Å²) in [7, 11) is 0. The summed E-state index contributed by atoms with van der Waals surface area (Å²) < 4.78 is 7.49. The zero-order chi connectivity index (χ0) is 25.9. The molecule has 2 N–H and O–H groups in total. The van der Waals surface area contributed by atoms with Gasteiger partial charge < -0.3 is 14.6 Å². The largest absolute Gasteiger partial charge is 0.462 e.